The van der Waals surface area contributed by atoms with Crippen LogP contribution in [0.1, 0.15) is 32.3 Å². The first-order valence-electron chi connectivity index (χ1n) is 5.57. The Kier molecular flexibility index (Phi) is 5.63. The molecule has 0 bridgehead atoms. The van der Waals surface area contributed by atoms with Crippen LogP contribution in [0.4, 0.5) is 0 Å². The molecule has 1 aromatic carbocycles. The lowest BCUT2D eigenvalue weighted by molar-refractivity contribution is 0.307. The molecule has 0 saturated heterocycles. The minimum Gasteiger partial charge on any atom is -0.0922 e. The van der Waals surface area contributed by atoms with Crippen molar-refractivity contribution in [2.75, 3.05) is 5.33 Å². The van der Waals surface area contributed by atoms with Crippen LogP contribution >= 0.6 is 39.1 Å². The van der Waals surface area contributed by atoms with Crippen molar-refractivity contribution in [2.24, 2.45) is 5.41 Å². The van der Waals surface area contributed by atoms with Crippen LogP contribution in [0.15, 0.2) is 18.2 Å². The third-order valence-electron chi connectivity index (χ3n) is 3.40. The molecule has 1 aromatic rings. The molecule has 0 aromatic heterocycles. The summed E-state index contributed by atoms with van der Waals surface area (Å²) in [7, 11) is 0. The molecular formula is C13H17BrCl2. The Hall–Kier alpha value is 0.280. The summed E-state index contributed by atoms with van der Waals surface area (Å²) in [6.45, 7) is 4.44. The summed E-state index contributed by atoms with van der Waals surface area (Å²) in [5.41, 5.74) is 1.34. The Balaban J connectivity index is 3.02. The molecule has 90 valence electrons. The lowest BCUT2D eigenvalue weighted by Gasteiger charge is -2.30. The van der Waals surface area contributed by atoms with Crippen LogP contribution in [0.3, 0.4) is 0 Å². The van der Waals surface area contributed by atoms with Crippen LogP contribution in [0.2, 0.25) is 10.0 Å². The van der Waals surface area contributed by atoms with Gasteiger partial charge in [-0.15, -0.1) is 0 Å². The molecule has 0 nitrogen and oxygen atoms in total. The number of rotatable bonds is 5. The minimum absolute atomic E-state index is 0.259. The first kappa shape index (κ1) is 14.3. The van der Waals surface area contributed by atoms with E-state index in [9.17, 15) is 0 Å². The van der Waals surface area contributed by atoms with E-state index in [0.717, 1.165) is 40.2 Å². The van der Waals surface area contributed by atoms with Crippen molar-refractivity contribution < 1.29 is 0 Å². The topological polar surface area (TPSA) is 0 Å². The van der Waals surface area contributed by atoms with Gasteiger partial charge in [-0.2, -0.15) is 0 Å². The highest BCUT2D eigenvalue weighted by Crippen LogP contribution is 2.37. The first-order chi connectivity index (χ1) is 7.58. The minimum atomic E-state index is 0.259. The van der Waals surface area contributed by atoms with Gasteiger partial charge in [-0.3, -0.25) is 0 Å². The van der Waals surface area contributed by atoms with Crippen LogP contribution in [0.25, 0.3) is 0 Å². The molecule has 0 radical (unpaired) electrons. The van der Waals surface area contributed by atoms with Gasteiger partial charge in [-0.25, -0.2) is 0 Å². The molecular weight excluding hydrogens is 307 g/mol. The molecule has 0 unspecified atom stereocenters. The summed E-state index contributed by atoms with van der Waals surface area (Å²) in [4.78, 5) is 0. The Morgan fingerprint density at radius 3 is 2.00 bits per heavy atom. The van der Waals surface area contributed by atoms with E-state index in [0.29, 0.717) is 0 Å². The van der Waals surface area contributed by atoms with E-state index in [2.05, 4.69) is 29.8 Å². The number of benzene rings is 1. The lowest BCUT2D eigenvalue weighted by atomic mass is 9.79. The van der Waals surface area contributed by atoms with Crippen LogP contribution in [-0.2, 0) is 6.42 Å². The fourth-order valence-electron chi connectivity index (χ4n) is 1.81. The average molecular weight is 324 g/mol. The SMILES string of the molecule is CCC(CC)(CBr)Cc1c(Cl)cccc1Cl. The van der Waals surface area contributed by atoms with E-state index in [4.69, 9.17) is 23.2 Å². The van der Waals surface area contributed by atoms with Gasteiger partial charge in [0.1, 0.15) is 0 Å². The molecule has 0 spiro atoms. The van der Waals surface area contributed by atoms with Crippen molar-refractivity contribution >= 4 is 39.1 Å². The zero-order chi connectivity index (χ0) is 12.2. The van der Waals surface area contributed by atoms with Gasteiger partial charge < -0.3 is 0 Å². The molecule has 0 aliphatic heterocycles. The summed E-state index contributed by atoms with van der Waals surface area (Å²) >= 11 is 16.0. The van der Waals surface area contributed by atoms with Gasteiger partial charge in [0.25, 0.3) is 0 Å². The van der Waals surface area contributed by atoms with Crippen LogP contribution in [0.5, 0.6) is 0 Å². The first-order valence-corrected chi connectivity index (χ1v) is 7.45. The van der Waals surface area contributed by atoms with Crippen molar-refractivity contribution in [2.45, 2.75) is 33.1 Å². The maximum absolute atomic E-state index is 6.21. The quantitative estimate of drug-likeness (QED) is 0.606. The van der Waals surface area contributed by atoms with Crippen molar-refractivity contribution in [3.05, 3.63) is 33.8 Å². The summed E-state index contributed by atoms with van der Waals surface area (Å²) in [5, 5.41) is 2.54. The fourth-order valence-corrected chi connectivity index (χ4v) is 3.33. The number of alkyl halides is 1. The summed E-state index contributed by atoms with van der Waals surface area (Å²) in [6, 6.07) is 5.71. The molecule has 0 aliphatic rings. The molecule has 0 atom stereocenters. The molecule has 0 aliphatic carbocycles. The molecule has 0 fully saturated rings. The van der Waals surface area contributed by atoms with Gasteiger partial charge in [0.05, 0.1) is 0 Å². The second kappa shape index (κ2) is 6.28. The number of hydrogen-bond donors (Lipinski definition) is 0. The Bertz CT molecular complexity index is 317. The van der Waals surface area contributed by atoms with E-state index < -0.39 is 0 Å². The highest BCUT2D eigenvalue weighted by atomic mass is 79.9. The molecule has 0 saturated carbocycles. The second-order valence-corrected chi connectivity index (χ2v) is 5.59. The average Bonchev–Trinajstić information content (AvgIpc) is 2.30. The number of halogens is 3. The Labute approximate surface area is 116 Å². The maximum atomic E-state index is 6.21. The fraction of sp³-hybridized carbons (Fsp3) is 0.538. The standard InChI is InChI=1S/C13H17BrCl2/c1-3-13(4-2,9-14)8-10-11(15)6-5-7-12(10)16/h5-7H,3-4,8-9H2,1-2H3. The van der Waals surface area contributed by atoms with E-state index in [-0.39, 0.29) is 5.41 Å². The molecule has 16 heavy (non-hydrogen) atoms. The van der Waals surface area contributed by atoms with E-state index in [1.54, 1.807) is 0 Å². The van der Waals surface area contributed by atoms with Crippen LogP contribution in [0, 0.1) is 5.41 Å². The maximum Gasteiger partial charge on any atom is 0.0453 e. The van der Waals surface area contributed by atoms with Crippen molar-refractivity contribution in [3.63, 3.8) is 0 Å². The molecule has 1 rings (SSSR count). The third-order valence-corrected chi connectivity index (χ3v) is 5.29. The van der Waals surface area contributed by atoms with Gasteiger partial charge in [-0.1, -0.05) is 59.0 Å². The van der Waals surface area contributed by atoms with E-state index in [1.165, 1.54) is 0 Å². The molecule has 0 N–H and O–H groups in total. The highest BCUT2D eigenvalue weighted by molar-refractivity contribution is 9.09. The zero-order valence-electron chi connectivity index (χ0n) is 9.69. The van der Waals surface area contributed by atoms with Gasteiger partial charge in [0, 0.05) is 15.4 Å². The lowest BCUT2D eigenvalue weighted by Crippen LogP contribution is -2.24. The Morgan fingerprint density at radius 1 is 1.12 bits per heavy atom. The summed E-state index contributed by atoms with van der Waals surface area (Å²) in [6.07, 6.45) is 3.18. The van der Waals surface area contributed by atoms with Gasteiger partial charge in [-0.05, 0) is 42.4 Å². The predicted octanol–water partition coefficient (Wildman–Crippen LogP) is 5.74. The molecule has 0 amide bonds. The van der Waals surface area contributed by atoms with Crippen LogP contribution in [-0.4, -0.2) is 5.33 Å². The third kappa shape index (κ3) is 3.15. The van der Waals surface area contributed by atoms with Gasteiger partial charge in [0.15, 0.2) is 0 Å². The normalized spacial score (nSPS) is 11.8. The smallest absolute Gasteiger partial charge is 0.0453 e. The van der Waals surface area contributed by atoms with E-state index >= 15 is 0 Å². The monoisotopic (exact) mass is 322 g/mol. The highest BCUT2D eigenvalue weighted by Gasteiger charge is 2.27. The molecule has 3 heteroatoms. The van der Waals surface area contributed by atoms with Crippen molar-refractivity contribution in [3.8, 4) is 0 Å². The summed E-state index contributed by atoms with van der Waals surface area (Å²) in [5.74, 6) is 0. The van der Waals surface area contributed by atoms with Crippen molar-refractivity contribution in [1.82, 2.24) is 0 Å². The molecule has 0 heterocycles. The van der Waals surface area contributed by atoms with E-state index in [1.807, 2.05) is 18.2 Å². The Morgan fingerprint density at radius 2 is 1.62 bits per heavy atom. The second-order valence-electron chi connectivity index (χ2n) is 4.22. The number of hydrogen-bond acceptors (Lipinski definition) is 0. The summed E-state index contributed by atoms with van der Waals surface area (Å²) < 4.78 is 0. The van der Waals surface area contributed by atoms with Crippen molar-refractivity contribution in [1.29, 1.82) is 0 Å². The van der Waals surface area contributed by atoms with Gasteiger partial charge in [0.2, 0.25) is 0 Å². The largest absolute Gasteiger partial charge is 0.0922 e. The van der Waals surface area contributed by atoms with Crippen LogP contribution < -0.4 is 0 Å². The zero-order valence-corrected chi connectivity index (χ0v) is 12.8. The van der Waals surface area contributed by atoms with Gasteiger partial charge >= 0.3 is 0 Å². The predicted molar refractivity (Wildman–Crippen MR) is 77.0 cm³/mol.